The molecule has 0 aliphatic rings. The van der Waals surface area contributed by atoms with Crippen molar-refractivity contribution in [2.45, 2.75) is 26.2 Å². The summed E-state index contributed by atoms with van der Waals surface area (Å²) in [6.07, 6.45) is 3.12. The molecule has 1 aromatic carbocycles. The van der Waals surface area contributed by atoms with E-state index in [1.807, 2.05) is 0 Å². The van der Waals surface area contributed by atoms with Crippen LogP contribution in [0.4, 0.5) is 11.4 Å². The van der Waals surface area contributed by atoms with E-state index in [1.54, 1.807) is 18.2 Å². The number of ether oxygens (including phenoxy) is 1. The average Bonchev–Trinajstić information content (AvgIpc) is 2.39. The number of rotatable bonds is 9. The van der Waals surface area contributed by atoms with Gasteiger partial charge in [0.1, 0.15) is 0 Å². The number of unbranched alkanes of at least 4 members (excludes halogenated alkanes) is 1. The Labute approximate surface area is 113 Å². The minimum atomic E-state index is -1.01. The Hall–Kier alpha value is -1.75. The number of aromatic carboxylic acids is 1. The van der Waals surface area contributed by atoms with Crippen LogP contribution < -0.4 is 11.1 Å². The second-order valence-electron chi connectivity index (χ2n) is 4.35. The van der Waals surface area contributed by atoms with E-state index in [4.69, 9.17) is 15.6 Å². The van der Waals surface area contributed by atoms with Crippen molar-refractivity contribution in [1.82, 2.24) is 0 Å². The monoisotopic (exact) mass is 266 g/mol. The van der Waals surface area contributed by atoms with Crippen molar-refractivity contribution in [1.29, 1.82) is 0 Å². The molecular formula is C14H22N2O3. The van der Waals surface area contributed by atoms with Crippen LogP contribution in [-0.4, -0.2) is 30.8 Å². The SMILES string of the molecule is CCCCOCCCNc1ccc(N)c(C(=O)O)c1. The maximum atomic E-state index is 10.9. The Balaban J connectivity index is 2.30. The van der Waals surface area contributed by atoms with Gasteiger partial charge in [0.2, 0.25) is 0 Å². The highest BCUT2D eigenvalue weighted by Crippen LogP contribution is 2.17. The van der Waals surface area contributed by atoms with Gasteiger partial charge in [0.05, 0.1) is 5.56 Å². The van der Waals surface area contributed by atoms with Crippen LogP contribution in [0.2, 0.25) is 0 Å². The highest BCUT2D eigenvalue weighted by atomic mass is 16.5. The molecule has 1 aromatic rings. The van der Waals surface area contributed by atoms with Crippen LogP contribution in [0.3, 0.4) is 0 Å². The lowest BCUT2D eigenvalue weighted by atomic mass is 10.1. The molecule has 0 aliphatic carbocycles. The molecule has 0 amide bonds. The largest absolute Gasteiger partial charge is 0.478 e. The first-order valence-corrected chi connectivity index (χ1v) is 6.59. The number of carboxylic acid groups (broad SMARTS) is 1. The predicted molar refractivity (Wildman–Crippen MR) is 76.6 cm³/mol. The third-order valence-corrected chi connectivity index (χ3v) is 2.72. The summed E-state index contributed by atoms with van der Waals surface area (Å²) in [4.78, 5) is 10.9. The Morgan fingerprint density at radius 2 is 2.11 bits per heavy atom. The Kier molecular flexibility index (Phi) is 6.74. The standard InChI is InChI=1S/C14H22N2O3/c1-2-3-8-19-9-4-7-16-11-5-6-13(15)12(10-11)14(17)18/h5-6,10,16H,2-4,7-9,15H2,1H3,(H,17,18). The van der Waals surface area contributed by atoms with Gasteiger partial charge in [0.15, 0.2) is 0 Å². The van der Waals surface area contributed by atoms with Gasteiger partial charge in [-0.2, -0.15) is 0 Å². The minimum Gasteiger partial charge on any atom is -0.478 e. The van der Waals surface area contributed by atoms with Crippen LogP contribution in [0.5, 0.6) is 0 Å². The number of nitrogens with one attached hydrogen (secondary N) is 1. The van der Waals surface area contributed by atoms with Crippen LogP contribution in [0, 0.1) is 0 Å². The van der Waals surface area contributed by atoms with E-state index in [-0.39, 0.29) is 11.3 Å². The zero-order valence-corrected chi connectivity index (χ0v) is 11.3. The fourth-order valence-corrected chi connectivity index (χ4v) is 1.61. The van der Waals surface area contributed by atoms with Crippen molar-refractivity contribution >= 4 is 17.3 Å². The number of anilines is 2. The Morgan fingerprint density at radius 3 is 2.79 bits per heavy atom. The third kappa shape index (κ3) is 5.61. The molecule has 0 aromatic heterocycles. The fraction of sp³-hybridized carbons (Fsp3) is 0.500. The lowest BCUT2D eigenvalue weighted by molar-refractivity contribution is 0.0698. The molecule has 0 saturated heterocycles. The third-order valence-electron chi connectivity index (χ3n) is 2.72. The van der Waals surface area contributed by atoms with E-state index < -0.39 is 5.97 Å². The van der Waals surface area contributed by atoms with E-state index >= 15 is 0 Å². The Morgan fingerprint density at radius 1 is 1.37 bits per heavy atom. The number of carboxylic acids is 1. The molecule has 0 radical (unpaired) electrons. The molecule has 0 atom stereocenters. The molecule has 0 heterocycles. The van der Waals surface area contributed by atoms with Gasteiger partial charge >= 0.3 is 5.97 Å². The number of nitrogen functional groups attached to an aromatic ring is 1. The zero-order valence-electron chi connectivity index (χ0n) is 11.3. The predicted octanol–water partition coefficient (Wildman–Crippen LogP) is 2.59. The summed E-state index contributed by atoms with van der Waals surface area (Å²) in [7, 11) is 0. The second-order valence-corrected chi connectivity index (χ2v) is 4.35. The topological polar surface area (TPSA) is 84.6 Å². The normalized spacial score (nSPS) is 10.4. The van der Waals surface area contributed by atoms with Crippen LogP contribution in [0.15, 0.2) is 18.2 Å². The van der Waals surface area contributed by atoms with Gasteiger partial charge in [-0.25, -0.2) is 4.79 Å². The molecule has 5 nitrogen and oxygen atoms in total. The number of hydrogen-bond acceptors (Lipinski definition) is 4. The fourth-order valence-electron chi connectivity index (χ4n) is 1.61. The van der Waals surface area contributed by atoms with Gasteiger partial charge in [0.25, 0.3) is 0 Å². The molecule has 0 spiro atoms. The van der Waals surface area contributed by atoms with Crippen molar-refractivity contribution in [2.24, 2.45) is 0 Å². The summed E-state index contributed by atoms with van der Waals surface area (Å²) in [6.45, 7) is 4.40. The van der Waals surface area contributed by atoms with Gasteiger partial charge in [0, 0.05) is 31.1 Å². The number of carbonyl (C=O) groups is 1. The van der Waals surface area contributed by atoms with Crippen LogP contribution in [-0.2, 0) is 4.74 Å². The van der Waals surface area contributed by atoms with Crippen molar-refractivity contribution < 1.29 is 14.6 Å². The molecule has 106 valence electrons. The molecule has 1 rings (SSSR count). The number of benzene rings is 1. The Bertz CT molecular complexity index is 408. The summed E-state index contributed by atoms with van der Waals surface area (Å²) in [5.41, 5.74) is 6.76. The van der Waals surface area contributed by atoms with Crippen molar-refractivity contribution in [2.75, 3.05) is 30.8 Å². The number of nitrogens with two attached hydrogens (primary N) is 1. The zero-order chi connectivity index (χ0) is 14.1. The van der Waals surface area contributed by atoms with E-state index in [0.717, 1.165) is 38.1 Å². The summed E-state index contributed by atoms with van der Waals surface area (Å²) >= 11 is 0. The smallest absolute Gasteiger partial charge is 0.337 e. The van der Waals surface area contributed by atoms with Gasteiger partial charge in [-0.15, -0.1) is 0 Å². The minimum absolute atomic E-state index is 0.129. The van der Waals surface area contributed by atoms with E-state index in [1.165, 1.54) is 0 Å². The van der Waals surface area contributed by atoms with Gasteiger partial charge in [-0.05, 0) is 31.0 Å². The van der Waals surface area contributed by atoms with Crippen molar-refractivity contribution in [3.05, 3.63) is 23.8 Å². The van der Waals surface area contributed by atoms with E-state index in [9.17, 15) is 4.79 Å². The molecule has 0 aliphatic heterocycles. The number of hydrogen-bond donors (Lipinski definition) is 3. The van der Waals surface area contributed by atoms with Gasteiger partial charge in [-0.1, -0.05) is 13.3 Å². The van der Waals surface area contributed by atoms with Crippen molar-refractivity contribution in [3.8, 4) is 0 Å². The molecule has 4 N–H and O–H groups in total. The first kappa shape index (κ1) is 15.3. The average molecular weight is 266 g/mol. The summed E-state index contributed by atoms with van der Waals surface area (Å²) in [5, 5.41) is 12.1. The summed E-state index contributed by atoms with van der Waals surface area (Å²) in [6, 6.07) is 4.93. The van der Waals surface area contributed by atoms with Crippen LogP contribution in [0.25, 0.3) is 0 Å². The molecular weight excluding hydrogens is 244 g/mol. The highest BCUT2D eigenvalue weighted by molar-refractivity contribution is 5.94. The lowest BCUT2D eigenvalue weighted by Crippen LogP contribution is -2.08. The maximum Gasteiger partial charge on any atom is 0.337 e. The summed E-state index contributed by atoms with van der Waals surface area (Å²) in [5.74, 6) is -1.01. The molecule has 0 fully saturated rings. The molecule has 5 heteroatoms. The van der Waals surface area contributed by atoms with Crippen molar-refractivity contribution in [3.63, 3.8) is 0 Å². The molecule has 19 heavy (non-hydrogen) atoms. The maximum absolute atomic E-state index is 10.9. The summed E-state index contributed by atoms with van der Waals surface area (Å²) < 4.78 is 5.44. The first-order valence-electron chi connectivity index (χ1n) is 6.59. The quantitative estimate of drug-likeness (QED) is 0.472. The van der Waals surface area contributed by atoms with Crippen LogP contribution in [0.1, 0.15) is 36.5 Å². The second kappa shape index (κ2) is 8.37. The lowest BCUT2D eigenvalue weighted by Gasteiger charge is -2.09. The molecule has 0 unspecified atom stereocenters. The van der Waals surface area contributed by atoms with Crippen LogP contribution >= 0.6 is 0 Å². The highest BCUT2D eigenvalue weighted by Gasteiger charge is 2.08. The molecule has 0 bridgehead atoms. The van der Waals surface area contributed by atoms with Gasteiger partial charge < -0.3 is 20.9 Å². The van der Waals surface area contributed by atoms with E-state index in [2.05, 4.69) is 12.2 Å². The first-order chi connectivity index (χ1) is 9.15. The van der Waals surface area contributed by atoms with Gasteiger partial charge in [-0.3, -0.25) is 0 Å². The van der Waals surface area contributed by atoms with E-state index in [0.29, 0.717) is 6.61 Å². The molecule has 0 saturated carbocycles.